The van der Waals surface area contributed by atoms with E-state index in [1.54, 1.807) is 24.3 Å². The fraction of sp³-hybridized carbons (Fsp3) is 0.263. The van der Waals surface area contributed by atoms with Crippen molar-refractivity contribution in [3.8, 4) is 0 Å². The molecular formula is C19H21NO4S. The van der Waals surface area contributed by atoms with E-state index in [4.69, 9.17) is 0 Å². The summed E-state index contributed by atoms with van der Waals surface area (Å²) >= 11 is 0. The predicted octanol–water partition coefficient (Wildman–Crippen LogP) is 2.39. The largest absolute Gasteiger partial charge is 0.480 e. The highest BCUT2D eigenvalue weighted by Gasteiger charge is 2.20. The zero-order valence-electron chi connectivity index (χ0n) is 13.8. The van der Waals surface area contributed by atoms with Crippen LogP contribution in [0.2, 0.25) is 0 Å². The number of benzene rings is 2. The van der Waals surface area contributed by atoms with Gasteiger partial charge in [0.1, 0.15) is 6.04 Å². The Balaban J connectivity index is 1.82. The monoisotopic (exact) mass is 359 g/mol. The van der Waals surface area contributed by atoms with Crippen molar-refractivity contribution < 1.29 is 18.9 Å². The summed E-state index contributed by atoms with van der Waals surface area (Å²) in [5.74, 6) is -1.25. The third-order valence-corrected chi connectivity index (χ3v) is 5.12. The first-order chi connectivity index (χ1) is 12.1. The van der Waals surface area contributed by atoms with E-state index in [1.165, 1.54) is 0 Å². The first-order valence-corrected chi connectivity index (χ1v) is 9.37. The molecule has 1 amide bonds. The zero-order valence-corrected chi connectivity index (χ0v) is 14.6. The Morgan fingerprint density at radius 3 is 2.20 bits per heavy atom. The number of nitrogens with one attached hydrogen (secondary N) is 1. The van der Waals surface area contributed by atoms with Crippen molar-refractivity contribution in [3.63, 3.8) is 0 Å². The highest BCUT2D eigenvalue weighted by molar-refractivity contribution is 7.85. The number of carbonyl (C=O) groups is 2. The van der Waals surface area contributed by atoms with E-state index >= 15 is 0 Å². The minimum atomic E-state index is -1.28. The van der Waals surface area contributed by atoms with E-state index < -0.39 is 22.8 Å². The van der Waals surface area contributed by atoms with Crippen molar-refractivity contribution in [1.82, 2.24) is 5.32 Å². The third-order valence-electron chi connectivity index (χ3n) is 3.71. The fourth-order valence-corrected chi connectivity index (χ4v) is 3.49. The van der Waals surface area contributed by atoms with Gasteiger partial charge in [-0.25, -0.2) is 4.79 Å². The Morgan fingerprint density at radius 2 is 1.60 bits per heavy atom. The highest BCUT2D eigenvalue weighted by atomic mass is 32.2. The quantitative estimate of drug-likeness (QED) is 0.720. The number of rotatable bonds is 9. The minimum Gasteiger partial charge on any atom is -0.480 e. The summed E-state index contributed by atoms with van der Waals surface area (Å²) in [6.45, 7) is 0. The van der Waals surface area contributed by atoms with Crippen LogP contribution in [0.1, 0.15) is 18.4 Å². The third kappa shape index (κ3) is 6.51. The summed E-state index contributed by atoms with van der Waals surface area (Å²) in [7, 11) is -1.28. The smallest absolute Gasteiger partial charge is 0.326 e. The summed E-state index contributed by atoms with van der Waals surface area (Å²) < 4.78 is 12.2. The maximum atomic E-state index is 12.2. The van der Waals surface area contributed by atoms with Crippen LogP contribution in [-0.2, 0) is 26.8 Å². The number of carboxylic acid groups (broad SMARTS) is 1. The van der Waals surface area contributed by atoms with Crippen molar-refractivity contribution in [2.45, 2.75) is 30.2 Å². The lowest BCUT2D eigenvalue weighted by Crippen LogP contribution is -2.41. The molecule has 0 saturated carbocycles. The summed E-state index contributed by atoms with van der Waals surface area (Å²) in [6.07, 6.45) is 0.887. The van der Waals surface area contributed by atoms with Gasteiger partial charge in [-0.2, -0.15) is 0 Å². The van der Waals surface area contributed by atoms with Crippen LogP contribution < -0.4 is 5.32 Å². The standard InChI is InChI=1S/C19H21NO4S/c21-18(12-11-15-7-3-1-4-8-15)20-17(19(22)23)13-14-25(24)16-9-5-2-6-10-16/h1-10,17H,11-14H2,(H,20,21)(H,22,23)/t17-,25+/m1/s1. The molecule has 0 spiro atoms. The van der Waals surface area contributed by atoms with E-state index in [-0.39, 0.29) is 24.5 Å². The molecule has 2 aromatic carbocycles. The molecule has 0 unspecified atom stereocenters. The normalized spacial score (nSPS) is 13.0. The van der Waals surface area contributed by atoms with Crippen LogP contribution in [0, 0.1) is 0 Å². The molecule has 0 saturated heterocycles. The minimum absolute atomic E-state index is 0.119. The molecule has 2 N–H and O–H groups in total. The summed E-state index contributed by atoms with van der Waals surface area (Å²) in [4.78, 5) is 24.0. The van der Waals surface area contributed by atoms with Gasteiger partial charge < -0.3 is 10.4 Å². The molecule has 0 radical (unpaired) electrons. The van der Waals surface area contributed by atoms with Gasteiger partial charge in [0, 0.05) is 17.1 Å². The molecule has 0 heterocycles. The second kappa shape index (κ2) is 9.74. The topological polar surface area (TPSA) is 83.5 Å². The van der Waals surface area contributed by atoms with E-state index in [0.717, 1.165) is 5.56 Å². The van der Waals surface area contributed by atoms with Crippen molar-refractivity contribution >= 4 is 22.7 Å². The van der Waals surface area contributed by atoms with Crippen LogP contribution in [0.4, 0.5) is 0 Å². The average molecular weight is 359 g/mol. The van der Waals surface area contributed by atoms with Crippen molar-refractivity contribution in [1.29, 1.82) is 0 Å². The molecule has 0 aromatic heterocycles. The van der Waals surface area contributed by atoms with Gasteiger partial charge in [0.15, 0.2) is 0 Å². The molecule has 132 valence electrons. The number of aliphatic carboxylic acids is 1. The van der Waals surface area contributed by atoms with Gasteiger partial charge in [-0.05, 0) is 30.5 Å². The lowest BCUT2D eigenvalue weighted by molar-refractivity contribution is -0.141. The van der Waals surface area contributed by atoms with Gasteiger partial charge in [-0.1, -0.05) is 48.5 Å². The number of hydrogen-bond donors (Lipinski definition) is 2. The number of carbonyl (C=O) groups excluding carboxylic acids is 1. The van der Waals surface area contributed by atoms with Crippen LogP contribution in [0.3, 0.4) is 0 Å². The Hall–Kier alpha value is -2.47. The van der Waals surface area contributed by atoms with Crippen molar-refractivity contribution in [3.05, 3.63) is 66.2 Å². The Bertz CT molecular complexity index is 719. The number of amides is 1. The van der Waals surface area contributed by atoms with E-state index in [1.807, 2.05) is 36.4 Å². The van der Waals surface area contributed by atoms with Gasteiger partial charge in [0.2, 0.25) is 5.91 Å². The van der Waals surface area contributed by atoms with E-state index in [9.17, 15) is 18.9 Å². The highest BCUT2D eigenvalue weighted by Crippen LogP contribution is 2.08. The summed E-state index contributed by atoms with van der Waals surface area (Å²) in [5.41, 5.74) is 1.02. The molecule has 5 nitrogen and oxygen atoms in total. The number of carboxylic acids is 1. The molecule has 0 aliphatic rings. The molecule has 2 rings (SSSR count). The molecule has 6 heteroatoms. The average Bonchev–Trinajstić information content (AvgIpc) is 2.64. The molecule has 0 aliphatic carbocycles. The van der Waals surface area contributed by atoms with Gasteiger partial charge in [0.05, 0.1) is 10.8 Å². The molecule has 2 aromatic rings. The maximum absolute atomic E-state index is 12.2. The van der Waals surface area contributed by atoms with Gasteiger partial charge in [-0.3, -0.25) is 9.00 Å². The Labute approximate surface area is 149 Å². The first-order valence-electron chi connectivity index (χ1n) is 8.06. The molecule has 0 aliphatic heterocycles. The number of aryl methyl sites for hydroxylation is 1. The van der Waals surface area contributed by atoms with Crippen molar-refractivity contribution in [2.75, 3.05) is 5.75 Å². The summed E-state index contributed by atoms with van der Waals surface area (Å²) in [6, 6.07) is 17.4. The second-order valence-corrected chi connectivity index (χ2v) is 7.17. The van der Waals surface area contributed by atoms with Crippen molar-refractivity contribution in [2.24, 2.45) is 0 Å². The Morgan fingerprint density at radius 1 is 1.00 bits per heavy atom. The second-order valence-electron chi connectivity index (χ2n) is 5.60. The molecule has 25 heavy (non-hydrogen) atoms. The number of hydrogen-bond acceptors (Lipinski definition) is 3. The zero-order chi connectivity index (χ0) is 18.1. The lowest BCUT2D eigenvalue weighted by Gasteiger charge is -2.14. The van der Waals surface area contributed by atoms with Crippen LogP contribution in [0.5, 0.6) is 0 Å². The predicted molar refractivity (Wildman–Crippen MR) is 96.7 cm³/mol. The Kier molecular flexibility index (Phi) is 7.35. The van der Waals surface area contributed by atoms with Crippen LogP contribution in [0.25, 0.3) is 0 Å². The van der Waals surface area contributed by atoms with Gasteiger partial charge >= 0.3 is 5.97 Å². The first kappa shape index (κ1) is 18.9. The lowest BCUT2D eigenvalue weighted by atomic mass is 10.1. The van der Waals surface area contributed by atoms with Crippen LogP contribution >= 0.6 is 0 Å². The molecule has 0 bridgehead atoms. The van der Waals surface area contributed by atoms with Crippen LogP contribution in [0.15, 0.2) is 65.6 Å². The maximum Gasteiger partial charge on any atom is 0.326 e. The SMILES string of the molecule is O=C(CCc1ccccc1)N[C@H](CC[S@](=O)c1ccccc1)C(=O)O. The van der Waals surface area contributed by atoms with Gasteiger partial charge in [0.25, 0.3) is 0 Å². The van der Waals surface area contributed by atoms with E-state index in [2.05, 4.69) is 5.32 Å². The molecular weight excluding hydrogens is 338 g/mol. The summed E-state index contributed by atoms with van der Waals surface area (Å²) in [5, 5.41) is 11.8. The van der Waals surface area contributed by atoms with E-state index in [0.29, 0.717) is 11.3 Å². The fourth-order valence-electron chi connectivity index (χ4n) is 2.34. The molecule has 0 fully saturated rings. The molecule has 2 atom stereocenters. The van der Waals surface area contributed by atoms with Gasteiger partial charge in [-0.15, -0.1) is 0 Å². The van der Waals surface area contributed by atoms with Crippen LogP contribution in [-0.4, -0.2) is 33.0 Å².